The minimum Gasteiger partial charge on any atom is -0.463 e. The van der Waals surface area contributed by atoms with Crippen molar-refractivity contribution in [2.45, 2.75) is 37.6 Å². The molecule has 0 aliphatic carbocycles. The Morgan fingerprint density at radius 1 is 1.10 bits per heavy atom. The van der Waals surface area contributed by atoms with Crippen LogP contribution in [0.15, 0.2) is 69.0 Å². The van der Waals surface area contributed by atoms with Gasteiger partial charge in [-0.25, -0.2) is 4.98 Å². The van der Waals surface area contributed by atoms with Gasteiger partial charge in [0.1, 0.15) is 11.4 Å². The molecule has 0 spiro atoms. The van der Waals surface area contributed by atoms with Crippen LogP contribution in [-0.4, -0.2) is 21.1 Å². The normalized spacial score (nSPS) is 12.1. The highest BCUT2D eigenvalue weighted by molar-refractivity contribution is 8.00. The average molecular weight is 422 g/mol. The van der Waals surface area contributed by atoms with Gasteiger partial charge in [0.2, 0.25) is 5.91 Å². The number of aromatic amines is 1. The Morgan fingerprint density at radius 2 is 1.77 bits per heavy atom. The molecule has 0 fully saturated rings. The first-order valence-corrected chi connectivity index (χ1v) is 10.6. The number of carbonyl (C=O) groups excluding carboxylic acids is 1. The molecular weight excluding hydrogens is 398 g/mol. The first-order valence-electron chi connectivity index (χ1n) is 9.77. The van der Waals surface area contributed by atoms with E-state index in [0.29, 0.717) is 28.8 Å². The van der Waals surface area contributed by atoms with Gasteiger partial charge in [-0.05, 0) is 67.8 Å². The summed E-state index contributed by atoms with van der Waals surface area (Å²) < 4.78 is 11.1. The fourth-order valence-corrected chi connectivity index (χ4v) is 4.23. The Kier molecular flexibility index (Phi) is 5.81. The monoisotopic (exact) mass is 421 g/mol. The molecule has 1 unspecified atom stereocenters. The first kappa shape index (κ1) is 20.1. The molecule has 30 heavy (non-hydrogen) atoms. The summed E-state index contributed by atoms with van der Waals surface area (Å²) in [6, 6.07) is 13.4. The Balaban J connectivity index is 1.57. The zero-order valence-corrected chi connectivity index (χ0v) is 17.9. The van der Waals surface area contributed by atoms with E-state index < -0.39 is 0 Å². The van der Waals surface area contributed by atoms with Crippen LogP contribution < -0.4 is 5.32 Å². The smallest absolute Gasteiger partial charge is 0.237 e. The van der Waals surface area contributed by atoms with Crippen molar-refractivity contribution in [3.8, 4) is 22.9 Å². The maximum atomic E-state index is 12.9. The lowest BCUT2D eigenvalue weighted by molar-refractivity contribution is -0.115. The zero-order valence-electron chi connectivity index (χ0n) is 17.1. The number of carbonyl (C=O) groups is 1. The molecule has 1 aromatic carbocycles. The third kappa shape index (κ3) is 4.36. The molecular formula is C23H23N3O3S. The Morgan fingerprint density at radius 3 is 2.37 bits per heavy atom. The highest BCUT2D eigenvalue weighted by Crippen LogP contribution is 2.35. The predicted octanol–water partition coefficient (Wildman–Crippen LogP) is 6.06. The van der Waals surface area contributed by atoms with Crippen molar-refractivity contribution in [1.82, 2.24) is 9.97 Å². The standard InChI is InChI=1S/C23H23N3O3S/c1-4-19(22(27)24-16-12-14(2)11-15(3)13-16)30-23-25-20(17-7-5-9-28-17)21(26-23)18-8-6-10-29-18/h5-13,19H,4H2,1-3H3,(H,24,27)(H,25,26). The number of hydrogen-bond acceptors (Lipinski definition) is 5. The highest BCUT2D eigenvalue weighted by Gasteiger charge is 2.23. The van der Waals surface area contributed by atoms with Crippen LogP contribution in [0.1, 0.15) is 24.5 Å². The molecule has 3 aromatic heterocycles. The van der Waals surface area contributed by atoms with Crippen molar-refractivity contribution in [3.05, 3.63) is 66.1 Å². The summed E-state index contributed by atoms with van der Waals surface area (Å²) in [7, 11) is 0. The molecule has 0 aliphatic heterocycles. The lowest BCUT2D eigenvalue weighted by Crippen LogP contribution is -2.24. The lowest BCUT2D eigenvalue weighted by atomic mass is 10.1. The van der Waals surface area contributed by atoms with Gasteiger partial charge in [-0.15, -0.1) is 0 Å². The molecule has 4 rings (SSSR count). The fraction of sp³-hybridized carbons (Fsp3) is 0.217. The van der Waals surface area contributed by atoms with Gasteiger partial charge < -0.3 is 19.1 Å². The van der Waals surface area contributed by atoms with E-state index in [1.165, 1.54) is 11.8 Å². The van der Waals surface area contributed by atoms with Gasteiger partial charge in [0.05, 0.1) is 17.8 Å². The van der Waals surface area contributed by atoms with Crippen molar-refractivity contribution >= 4 is 23.4 Å². The van der Waals surface area contributed by atoms with Crippen LogP contribution in [-0.2, 0) is 4.79 Å². The molecule has 0 saturated carbocycles. The Hall–Kier alpha value is -3.19. The van der Waals surface area contributed by atoms with E-state index in [0.717, 1.165) is 22.5 Å². The number of rotatable bonds is 7. The van der Waals surface area contributed by atoms with Crippen molar-refractivity contribution in [3.63, 3.8) is 0 Å². The number of imidazole rings is 1. The van der Waals surface area contributed by atoms with Gasteiger partial charge in [0.15, 0.2) is 16.7 Å². The molecule has 3 heterocycles. The third-order valence-electron chi connectivity index (χ3n) is 4.61. The first-order chi connectivity index (χ1) is 14.5. The molecule has 2 N–H and O–H groups in total. The number of hydrogen-bond donors (Lipinski definition) is 2. The van der Waals surface area contributed by atoms with Crippen molar-refractivity contribution < 1.29 is 13.6 Å². The molecule has 1 amide bonds. The maximum Gasteiger partial charge on any atom is 0.237 e. The van der Waals surface area contributed by atoms with E-state index in [4.69, 9.17) is 8.83 Å². The number of benzene rings is 1. The minimum atomic E-state index is -0.300. The summed E-state index contributed by atoms with van der Waals surface area (Å²) in [5.74, 6) is 1.24. The van der Waals surface area contributed by atoms with E-state index in [9.17, 15) is 4.79 Å². The fourth-order valence-electron chi connectivity index (χ4n) is 3.32. The summed E-state index contributed by atoms with van der Waals surface area (Å²) in [5, 5.41) is 3.37. The number of furan rings is 2. The molecule has 4 aromatic rings. The van der Waals surface area contributed by atoms with E-state index in [2.05, 4.69) is 21.4 Å². The second kappa shape index (κ2) is 8.67. The van der Waals surface area contributed by atoms with Gasteiger partial charge in [-0.3, -0.25) is 4.79 Å². The number of amides is 1. The molecule has 0 aliphatic rings. The molecule has 1 atom stereocenters. The van der Waals surface area contributed by atoms with Crippen LogP contribution in [0.4, 0.5) is 5.69 Å². The van der Waals surface area contributed by atoms with Crippen molar-refractivity contribution in [1.29, 1.82) is 0 Å². The Bertz CT molecular complexity index is 1060. The SMILES string of the molecule is CCC(Sc1nc(-c2ccco2)c(-c2ccco2)[nH]1)C(=O)Nc1cc(C)cc(C)c1. The molecule has 0 saturated heterocycles. The number of thioether (sulfide) groups is 1. The topological polar surface area (TPSA) is 84.1 Å². The van der Waals surface area contributed by atoms with Gasteiger partial charge in [0.25, 0.3) is 0 Å². The summed E-state index contributed by atoms with van der Waals surface area (Å²) in [6.07, 6.45) is 3.88. The molecule has 0 bridgehead atoms. The number of nitrogens with zero attached hydrogens (tertiary/aromatic N) is 1. The van der Waals surface area contributed by atoms with E-state index in [-0.39, 0.29) is 11.2 Å². The van der Waals surface area contributed by atoms with E-state index in [1.807, 2.05) is 57.2 Å². The van der Waals surface area contributed by atoms with Gasteiger partial charge in [0, 0.05) is 5.69 Å². The number of aromatic nitrogens is 2. The lowest BCUT2D eigenvalue weighted by Gasteiger charge is -2.14. The average Bonchev–Trinajstić information content (AvgIpc) is 3.46. The second-order valence-corrected chi connectivity index (χ2v) is 8.29. The number of nitrogens with one attached hydrogen (secondary N) is 2. The zero-order chi connectivity index (χ0) is 21.1. The summed E-state index contributed by atoms with van der Waals surface area (Å²) >= 11 is 1.39. The van der Waals surface area contributed by atoms with E-state index in [1.54, 1.807) is 12.5 Å². The maximum absolute atomic E-state index is 12.9. The van der Waals surface area contributed by atoms with Gasteiger partial charge in [-0.1, -0.05) is 24.8 Å². The van der Waals surface area contributed by atoms with Crippen LogP contribution in [0.25, 0.3) is 22.9 Å². The Labute approximate surface area is 179 Å². The summed E-state index contributed by atoms with van der Waals surface area (Å²) in [4.78, 5) is 20.9. The summed E-state index contributed by atoms with van der Waals surface area (Å²) in [6.45, 7) is 6.02. The second-order valence-electron chi connectivity index (χ2n) is 7.10. The van der Waals surface area contributed by atoms with Crippen LogP contribution in [0.5, 0.6) is 0 Å². The van der Waals surface area contributed by atoms with Crippen LogP contribution >= 0.6 is 11.8 Å². The number of anilines is 1. The van der Waals surface area contributed by atoms with Gasteiger partial charge in [-0.2, -0.15) is 0 Å². The number of H-pyrrole nitrogens is 1. The largest absolute Gasteiger partial charge is 0.463 e. The molecule has 7 heteroatoms. The molecule has 154 valence electrons. The quantitative estimate of drug-likeness (QED) is 0.355. The van der Waals surface area contributed by atoms with Gasteiger partial charge >= 0.3 is 0 Å². The van der Waals surface area contributed by atoms with Crippen molar-refractivity contribution in [2.75, 3.05) is 5.32 Å². The van der Waals surface area contributed by atoms with Crippen LogP contribution in [0.2, 0.25) is 0 Å². The molecule has 6 nitrogen and oxygen atoms in total. The molecule has 0 radical (unpaired) electrons. The highest BCUT2D eigenvalue weighted by atomic mass is 32.2. The van der Waals surface area contributed by atoms with Crippen LogP contribution in [0, 0.1) is 13.8 Å². The van der Waals surface area contributed by atoms with E-state index >= 15 is 0 Å². The van der Waals surface area contributed by atoms with Crippen molar-refractivity contribution in [2.24, 2.45) is 0 Å². The number of aryl methyl sites for hydroxylation is 2. The third-order valence-corrected chi connectivity index (χ3v) is 5.86. The van der Waals surface area contributed by atoms with Crippen LogP contribution in [0.3, 0.4) is 0 Å². The minimum absolute atomic E-state index is 0.0528. The summed E-state index contributed by atoms with van der Waals surface area (Å²) in [5.41, 5.74) is 4.42. The predicted molar refractivity (Wildman–Crippen MR) is 118 cm³/mol.